The lowest BCUT2D eigenvalue weighted by Crippen LogP contribution is -2.31. The summed E-state index contributed by atoms with van der Waals surface area (Å²) in [7, 11) is -1.90. The summed E-state index contributed by atoms with van der Waals surface area (Å²) in [6.07, 6.45) is 7.07. The van der Waals surface area contributed by atoms with Crippen LogP contribution in [0.4, 0.5) is 5.82 Å². The SMILES string of the molecule is CCCn1cc(S(=O)(=O)N(C)CC2CCCC2)c(N)n1. The zero-order valence-corrected chi connectivity index (χ0v) is 13.1. The Balaban J connectivity index is 2.15. The van der Waals surface area contributed by atoms with Gasteiger partial charge in [-0.25, -0.2) is 12.7 Å². The molecular weight excluding hydrogens is 276 g/mol. The Bertz CT molecular complexity index is 547. The van der Waals surface area contributed by atoms with Crippen LogP contribution in [0.3, 0.4) is 0 Å². The molecule has 0 radical (unpaired) electrons. The van der Waals surface area contributed by atoms with Gasteiger partial charge in [-0.2, -0.15) is 5.10 Å². The first-order valence-corrected chi connectivity index (χ1v) is 8.68. The molecule has 0 amide bonds. The maximum Gasteiger partial charge on any atom is 0.248 e. The van der Waals surface area contributed by atoms with Crippen LogP contribution in [0.25, 0.3) is 0 Å². The molecule has 2 rings (SSSR count). The molecule has 1 fully saturated rings. The topological polar surface area (TPSA) is 81.2 Å². The molecule has 0 bridgehead atoms. The Labute approximate surface area is 121 Å². The van der Waals surface area contributed by atoms with E-state index in [-0.39, 0.29) is 10.7 Å². The number of rotatable bonds is 6. The molecule has 6 nitrogen and oxygen atoms in total. The number of nitrogens with two attached hydrogens (primary N) is 1. The molecule has 0 spiro atoms. The van der Waals surface area contributed by atoms with Crippen molar-refractivity contribution < 1.29 is 8.42 Å². The fourth-order valence-electron chi connectivity index (χ4n) is 2.78. The van der Waals surface area contributed by atoms with E-state index in [1.807, 2.05) is 6.92 Å². The summed E-state index contributed by atoms with van der Waals surface area (Å²) in [5.74, 6) is 0.568. The maximum absolute atomic E-state index is 12.6. The molecule has 1 aliphatic carbocycles. The summed E-state index contributed by atoms with van der Waals surface area (Å²) in [5, 5.41) is 4.07. The zero-order valence-electron chi connectivity index (χ0n) is 12.2. The molecule has 114 valence electrons. The van der Waals surface area contributed by atoms with E-state index in [4.69, 9.17) is 5.73 Å². The van der Waals surface area contributed by atoms with Gasteiger partial charge in [-0.1, -0.05) is 19.8 Å². The van der Waals surface area contributed by atoms with E-state index in [1.165, 1.54) is 17.1 Å². The van der Waals surface area contributed by atoms with Gasteiger partial charge in [-0.05, 0) is 25.2 Å². The number of aromatic nitrogens is 2. The van der Waals surface area contributed by atoms with Gasteiger partial charge in [0.15, 0.2) is 5.82 Å². The van der Waals surface area contributed by atoms with Crippen LogP contribution in [0.1, 0.15) is 39.0 Å². The van der Waals surface area contributed by atoms with Gasteiger partial charge in [0, 0.05) is 26.3 Å². The first-order valence-electron chi connectivity index (χ1n) is 7.24. The van der Waals surface area contributed by atoms with E-state index >= 15 is 0 Å². The van der Waals surface area contributed by atoms with Crippen LogP contribution >= 0.6 is 0 Å². The van der Waals surface area contributed by atoms with Crippen LogP contribution in [0.5, 0.6) is 0 Å². The molecule has 0 saturated heterocycles. The lowest BCUT2D eigenvalue weighted by Gasteiger charge is -2.20. The maximum atomic E-state index is 12.6. The van der Waals surface area contributed by atoms with Crippen molar-refractivity contribution in [2.75, 3.05) is 19.3 Å². The van der Waals surface area contributed by atoms with Crippen LogP contribution in [0, 0.1) is 5.92 Å². The molecule has 1 aliphatic rings. The standard InChI is InChI=1S/C13H24N4O2S/c1-3-8-17-10-12(13(14)15-17)20(18,19)16(2)9-11-6-4-5-7-11/h10-11H,3-9H2,1-2H3,(H2,14,15). The Morgan fingerprint density at radius 2 is 2.10 bits per heavy atom. The molecule has 20 heavy (non-hydrogen) atoms. The van der Waals surface area contributed by atoms with Crippen molar-refractivity contribution in [3.05, 3.63) is 6.20 Å². The summed E-state index contributed by atoms with van der Waals surface area (Å²) in [6, 6.07) is 0. The van der Waals surface area contributed by atoms with Gasteiger partial charge in [-0.15, -0.1) is 0 Å². The van der Waals surface area contributed by atoms with Crippen LogP contribution in [-0.4, -0.2) is 36.1 Å². The third kappa shape index (κ3) is 3.15. The van der Waals surface area contributed by atoms with Gasteiger partial charge in [0.05, 0.1) is 0 Å². The summed E-state index contributed by atoms with van der Waals surface area (Å²) in [6.45, 7) is 3.26. The van der Waals surface area contributed by atoms with Crippen molar-refractivity contribution in [1.82, 2.24) is 14.1 Å². The monoisotopic (exact) mass is 300 g/mol. The van der Waals surface area contributed by atoms with E-state index in [1.54, 1.807) is 17.9 Å². The summed E-state index contributed by atoms with van der Waals surface area (Å²) < 4.78 is 28.1. The molecule has 1 saturated carbocycles. The number of anilines is 1. The number of hydrogen-bond acceptors (Lipinski definition) is 4. The second kappa shape index (κ2) is 6.13. The lowest BCUT2D eigenvalue weighted by molar-refractivity contribution is 0.387. The van der Waals surface area contributed by atoms with E-state index < -0.39 is 10.0 Å². The van der Waals surface area contributed by atoms with Crippen molar-refractivity contribution in [2.24, 2.45) is 5.92 Å². The molecule has 2 N–H and O–H groups in total. The predicted octanol–water partition coefficient (Wildman–Crippen LogP) is 1.69. The average molecular weight is 300 g/mol. The fraction of sp³-hybridized carbons (Fsp3) is 0.769. The van der Waals surface area contributed by atoms with Gasteiger partial charge in [-0.3, -0.25) is 4.68 Å². The highest BCUT2D eigenvalue weighted by atomic mass is 32.2. The van der Waals surface area contributed by atoms with Crippen LogP contribution in [0.15, 0.2) is 11.1 Å². The molecule has 0 aromatic carbocycles. The van der Waals surface area contributed by atoms with Crippen molar-refractivity contribution in [3.8, 4) is 0 Å². The van der Waals surface area contributed by atoms with Gasteiger partial charge >= 0.3 is 0 Å². The molecule has 1 aromatic heterocycles. The second-order valence-electron chi connectivity index (χ2n) is 5.58. The highest BCUT2D eigenvalue weighted by molar-refractivity contribution is 7.89. The van der Waals surface area contributed by atoms with Gasteiger partial charge in [0.25, 0.3) is 0 Å². The van der Waals surface area contributed by atoms with Gasteiger partial charge < -0.3 is 5.73 Å². The van der Waals surface area contributed by atoms with Crippen molar-refractivity contribution in [1.29, 1.82) is 0 Å². The lowest BCUT2D eigenvalue weighted by atomic mass is 10.1. The minimum atomic E-state index is -3.53. The number of aryl methyl sites for hydroxylation is 1. The Hall–Kier alpha value is -1.08. The molecule has 0 unspecified atom stereocenters. The molecule has 1 aromatic rings. The Morgan fingerprint density at radius 1 is 1.45 bits per heavy atom. The molecule has 7 heteroatoms. The normalized spacial score (nSPS) is 17.1. The van der Waals surface area contributed by atoms with Crippen molar-refractivity contribution in [3.63, 3.8) is 0 Å². The van der Waals surface area contributed by atoms with Gasteiger partial charge in [0.2, 0.25) is 10.0 Å². The second-order valence-corrected chi connectivity index (χ2v) is 7.59. The summed E-state index contributed by atoms with van der Waals surface area (Å²) in [5.41, 5.74) is 5.77. The van der Waals surface area contributed by atoms with Crippen LogP contribution in [-0.2, 0) is 16.6 Å². The summed E-state index contributed by atoms with van der Waals surface area (Å²) >= 11 is 0. The first kappa shape index (κ1) is 15.3. The van der Waals surface area contributed by atoms with E-state index in [9.17, 15) is 8.42 Å². The average Bonchev–Trinajstić information content (AvgIpc) is 2.99. The van der Waals surface area contributed by atoms with Crippen LogP contribution < -0.4 is 5.73 Å². The third-order valence-corrected chi connectivity index (χ3v) is 5.73. The smallest absolute Gasteiger partial charge is 0.248 e. The highest BCUT2D eigenvalue weighted by Crippen LogP contribution is 2.28. The number of nitrogens with zero attached hydrogens (tertiary/aromatic N) is 3. The van der Waals surface area contributed by atoms with E-state index in [2.05, 4.69) is 5.10 Å². The molecule has 0 aliphatic heterocycles. The largest absolute Gasteiger partial charge is 0.381 e. The predicted molar refractivity (Wildman–Crippen MR) is 78.7 cm³/mol. The molecule has 0 atom stereocenters. The molecule has 1 heterocycles. The van der Waals surface area contributed by atoms with E-state index in [0.717, 1.165) is 19.3 Å². The first-order chi connectivity index (χ1) is 9.45. The minimum absolute atomic E-state index is 0.0942. The van der Waals surface area contributed by atoms with Crippen LogP contribution in [0.2, 0.25) is 0 Å². The van der Waals surface area contributed by atoms with E-state index in [0.29, 0.717) is 19.0 Å². The zero-order chi connectivity index (χ0) is 14.8. The number of nitrogen functional groups attached to an aromatic ring is 1. The fourth-order valence-corrected chi connectivity index (χ4v) is 4.09. The molecular formula is C13H24N4O2S. The van der Waals surface area contributed by atoms with Gasteiger partial charge in [0.1, 0.15) is 4.90 Å². The highest BCUT2D eigenvalue weighted by Gasteiger charge is 2.28. The van der Waals surface area contributed by atoms with Crippen molar-refractivity contribution in [2.45, 2.75) is 50.5 Å². The third-order valence-electron chi connectivity index (χ3n) is 3.89. The Morgan fingerprint density at radius 3 is 2.70 bits per heavy atom. The van der Waals surface area contributed by atoms with Crippen molar-refractivity contribution >= 4 is 15.8 Å². The minimum Gasteiger partial charge on any atom is -0.381 e. The summed E-state index contributed by atoms with van der Waals surface area (Å²) in [4.78, 5) is 0.131. The number of sulfonamides is 1. The Kier molecular flexibility index (Phi) is 4.70. The number of hydrogen-bond donors (Lipinski definition) is 1. The quantitative estimate of drug-likeness (QED) is 0.866.